The molecule has 0 amide bonds. The molecule has 0 saturated heterocycles. The minimum atomic E-state index is -3.17. The minimum absolute atomic E-state index is 0.225. The summed E-state index contributed by atoms with van der Waals surface area (Å²) < 4.78 is 37.4. The average molecular weight is 220 g/mol. The van der Waals surface area contributed by atoms with Crippen LogP contribution in [0.1, 0.15) is 22.5 Å². The third-order valence-electron chi connectivity index (χ3n) is 1.58. The van der Waals surface area contributed by atoms with Gasteiger partial charge in [0, 0.05) is 0 Å². The van der Waals surface area contributed by atoms with Gasteiger partial charge in [0.05, 0.1) is 10.5 Å². The molecule has 0 aromatic carbocycles. The van der Waals surface area contributed by atoms with Crippen molar-refractivity contribution in [1.82, 2.24) is 4.98 Å². The Morgan fingerprint density at radius 3 is 2.53 bits per heavy atom. The number of nitro groups is 1. The highest BCUT2D eigenvalue weighted by molar-refractivity contribution is 5.78. The van der Waals surface area contributed by atoms with Gasteiger partial charge in [-0.25, -0.2) is 13.8 Å². The topological polar surface area (TPSA) is 73.1 Å². The largest absolute Gasteiger partial charge is 0.323 e. The highest BCUT2D eigenvalue weighted by Crippen LogP contribution is 2.26. The van der Waals surface area contributed by atoms with Crippen molar-refractivity contribution in [2.45, 2.75) is 6.43 Å². The third kappa shape index (κ3) is 1.92. The van der Waals surface area contributed by atoms with Crippen LogP contribution in [-0.2, 0) is 0 Å². The van der Waals surface area contributed by atoms with Crippen LogP contribution in [-0.4, -0.2) is 16.2 Å². The van der Waals surface area contributed by atoms with Crippen molar-refractivity contribution in [2.75, 3.05) is 0 Å². The zero-order valence-corrected chi connectivity index (χ0v) is 6.99. The summed E-state index contributed by atoms with van der Waals surface area (Å²) >= 11 is 0. The number of aromatic nitrogens is 1. The van der Waals surface area contributed by atoms with Crippen molar-refractivity contribution in [3.05, 3.63) is 33.4 Å². The van der Waals surface area contributed by atoms with Gasteiger partial charge < -0.3 is 0 Å². The molecule has 80 valence electrons. The van der Waals surface area contributed by atoms with Crippen LogP contribution in [0.2, 0.25) is 0 Å². The van der Waals surface area contributed by atoms with E-state index in [1.807, 2.05) is 0 Å². The zero-order chi connectivity index (χ0) is 11.6. The second kappa shape index (κ2) is 4.03. The van der Waals surface area contributed by atoms with Gasteiger partial charge in [0.1, 0.15) is 11.9 Å². The number of nitrogens with zero attached hydrogens (tertiary/aromatic N) is 2. The van der Waals surface area contributed by atoms with Gasteiger partial charge in [0.25, 0.3) is 6.43 Å². The van der Waals surface area contributed by atoms with E-state index in [1.54, 1.807) is 0 Å². The zero-order valence-electron chi connectivity index (χ0n) is 6.99. The number of aldehydes is 1. The fourth-order valence-electron chi connectivity index (χ4n) is 0.921. The van der Waals surface area contributed by atoms with Gasteiger partial charge in [-0.3, -0.25) is 14.9 Å². The standard InChI is InChI=1S/C7H3F3N2O3/c8-5-3(2-13)6(7(9)10)11-1-4(5)12(14)15/h1-2,7H. The number of hydrogen-bond donors (Lipinski definition) is 0. The summed E-state index contributed by atoms with van der Waals surface area (Å²) in [4.78, 5) is 22.3. The fraction of sp³-hybridized carbons (Fsp3) is 0.143. The second-order valence-electron chi connectivity index (χ2n) is 2.43. The fourth-order valence-corrected chi connectivity index (χ4v) is 0.921. The van der Waals surface area contributed by atoms with Crippen molar-refractivity contribution in [1.29, 1.82) is 0 Å². The lowest BCUT2D eigenvalue weighted by Gasteiger charge is -2.03. The van der Waals surface area contributed by atoms with Crippen LogP contribution in [0.3, 0.4) is 0 Å². The summed E-state index contributed by atoms with van der Waals surface area (Å²) in [6.45, 7) is 0. The summed E-state index contributed by atoms with van der Waals surface area (Å²) in [6.07, 6.45) is -3.04. The maximum atomic E-state index is 13.1. The normalized spacial score (nSPS) is 10.4. The monoisotopic (exact) mass is 220 g/mol. The molecular formula is C7H3F3N2O3. The van der Waals surface area contributed by atoms with Gasteiger partial charge >= 0.3 is 5.69 Å². The maximum Gasteiger partial charge on any atom is 0.323 e. The number of alkyl halides is 2. The number of rotatable bonds is 3. The molecule has 0 spiro atoms. The predicted molar refractivity (Wildman–Crippen MR) is 41.2 cm³/mol. The van der Waals surface area contributed by atoms with E-state index in [1.165, 1.54) is 0 Å². The van der Waals surface area contributed by atoms with Crippen LogP contribution in [0.5, 0.6) is 0 Å². The van der Waals surface area contributed by atoms with E-state index >= 15 is 0 Å². The Balaban J connectivity index is 3.45. The number of hydrogen-bond acceptors (Lipinski definition) is 4. The lowest BCUT2D eigenvalue weighted by molar-refractivity contribution is -0.387. The lowest BCUT2D eigenvalue weighted by Crippen LogP contribution is -2.05. The van der Waals surface area contributed by atoms with Crippen LogP contribution in [0.15, 0.2) is 6.20 Å². The van der Waals surface area contributed by atoms with Crippen molar-refractivity contribution < 1.29 is 22.9 Å². The molecule has 8 heteroatoms. The molecule has 0 aliphatic heterocycles. The molecule has 0 radical (unpaired) electrons. The molecule has 0 bridgehead atoms. The molecule has 15 heavy (non-hydrogen) atoms. The summed E-state index contributed by atoms with van der Waals surface area (Å²) in [6, 6.07) is 0. The molecule has 1 rings (SSSR count). The first-order chi connectivity index (χ1) is 6.99. The molecule has 0 saturated carbocycles. The van der Waals surface area contributed by atoms with E-state index < -0.39 is 34.1 Å². The first-order valence-electron chi connectivity index (χ1n) is 3.55. The highest BCUT2D eigenvalue weighted by Gasteiger charge is 2.25. The molecule has 0 atom stereocenters. The first kappa shape index (κ1) is 11.1. The summed E-state index contributed by atoms with van der Waals surface area (Å²) in [7, 11) is 0. The van der Waals surface area contributed by atoms with Gasteiger partial charge in [-0.2, -0.15) is 4.39 Å². The average Bonchev–Trinajstić information content (AvgIpc) is 2.16. The molecule has 0 unspecified atom stereocenters. The van der Waals surface area contributed by atoms with Gasteiger partial charge in [0.2, 0.25) is 5.82 Å². The highest BCUT2D eigenvalue weighted by atomic mass is 19.3. The van der Waals surface area contributed by atoms with Crippen LogP contribution >= 0.6 is 0 Å². The van der Waals surface area contributed by atoms with Gasteiger partial charge in [-0.05, 0) is 0 Å². The molecule has 0 fully saturated rings. The van der Waals surface area contributed by atoms with Crippen LogP contribution in [0, 0.1) is 15.9 Å². The second-order valence-corrected chi connectivity index (χ2v) is 2.43. The molecule has 1 aromatic heterocycles. The quantitative estimate of drug-likeness (QED) is 0.442. The van der Waals surface area contributed by atoms with Gasteiger partial charge in [0.15, 0.2) is 6.29 Å². The summed E-state index contributed by atoms with van der Waals surface area (Å²) in [5, 5.41) is 10.2. The minimum Gasteiger partial charge on any atom is -0.298 e. The Kier molecular flexibility index (Phi) is 2.98. The SMILES string of the molecule is O=Cc1c(C(F)F)ncc([N+](=O)[O-])c1F. The summed E-state index contributed by atoms with van der Waals surface area (Å²) in [5.74, 6) is -1.60. The third-order valence-corrected chi connectivity index (χ3v) is 1.58. The van der Waals surface area contributed by atoms with E-state index in [-0.39, 0.29) is 6.29 Å². The molecule has 0 aliphatic carbocycles. The number of halogens is 3. The lowest BCUT2D eigenvalue weighted by atomic mass is 10.2. The van der Waals surface area contributed by atoms with Crippen LogP contribution in [0.25, 0.3) is 0 Å². The Morgan fingerprint density at radius 2 is 2.13 bits per heavy atom. The van der Waals surface area contributed by atoms with E-state index in [0.717, 1.165) is 0 Å². The maximum absolute atomic E-state index is 13.1. The Hall–Kier alpha value is -1.99. The predicted octanol–water partition coefficient (Wildman–Crippen LogP) is 1.88. The molecule has 1 aromatic rings. The van der Waals surface area contributed by atoms with E-state index in [9.17, 15) is 28.1 Å². The molecule has 5 nitrogen and oxygen atoms in total. The van der Waals surface area contributed by atoms with E-state index in [2.05, 4.69) is 4.98 Å². The van der Waals surface area contributed by atoms with Crippen molar-refractivity contribution in [3.8, 4) is 0 Å². The number of pyridine rings is 1. The Bertz CT molecular complexity index is 422. The van der Waals surface area contributed by atoms with Gasteiger partial charge in [-0.15, -0.1) is 0 Å². The first-order valence-corrected chi connectivity index (χ1v) is 3.55. The Labute approximate surface area is 80.7 Å². The number of carbonyl (C=O) groups is 1. The molecule has 0 aliphatic rings. The molecule has 0 N–H and O–H groups in total. The molecule has 1 heterocycles. The smallest absolute Gasteiger partial charge is 0.298 e. The van der Waals surface area contributed by atoms with Crippen molar-refractivity contribution >= 4 is 12.0 Å². The van der Waals surface area contributed by atoms with Crippen LogP contribution < -0.4 is 0 Å². The van der Waals surface area contributed by atoms with E-state index in [0.29, 0.717) is 6.20 Å². The molecular weight excluding hydrogens is 217 g/mol. The van der Waals surface area contributed by atoms with E-state index in [4.69, 9.17) is 0 Å². The van der Waals surface area contributed by atoms with Crippen molar-refractivity contribution in [2.24, 2.45) is 0 Å². The van der Waals surface area contributed by atoms with Crippen molar-refractivity contribution in [3.63, 3.8) is 0 Å². The number of carbonyl (C=O) groups excluding carboxylic acids is 1. The Morgan fingerprint density at radius 1 is 1.53 bits per heavy atom. The van der Waals surface area contributed by atoms with Crippen LogP contribution in [0.4, 0.5) is 18.9 Å². The van der Waals surface area contributed by atoms with Gasteiger partial charge in [-0.1, -0.05) is 0 Å². The summed E-state index contributed by atoms with van der Waals surface area (Å²) in [5.41, 5.74) is -3.30.